The Balaban J connectivity index is 2.13. The highest BCUT2D eigenvalue weighted by Gasteiger charge is 2.37. The van der Waals surface area contributed by atoms with Crippen LogP contribution in [0.4, 0.5) is 10.5 Å². The van der Waals surface area contributed by atoms with Gasteiger partial charge in [-0.1, -0.05) is 110 Å². The van der Waals surface area contributed by atoms with E-state index < -0.39 is 23.8 Å². The zero-order chi connectivity index (χ0) is 33.1. The third kappa shape index (κ3) is 10.9. The van der Waals surface area contributed by atoms with Crippen molar-refractivity contribution in [2.45, 2.75) is 98.3 Å². The molecule has 0 aliphatic rings. The van der Waals surface area contributed by atoms with Gasteiger partial charge in [-0.2, -0.15) is 0 Å². The lowest BCUT2D eigenvalue weighted by Crippen LogP contribution is -2.53. The van der Waals surface area contributed by atoms with Crippen LogP contribution >= 0.6 is 11.6 Å². The Bertz CT molecular complexity index is 1410. The summed E-state index contributed by atoms with van der Waals surface area (Å²) in [5.41, 5.74) is 4.07. The van der Waals surface area contributed by atoms with E-state index in [-0.39, 0.29) is 18.2 Å². The van der Waals surface area contributed by atoms with Crippen LogP contribution in [0.5, 0.6) is 0 Å². The maximum atomic E-state index is 14.7. The highest BCUT2D eigenvalue weighted by molar-refractivity contribution is 6.34. The fraction of sp³-hybridized carbons (Fsp3) is 0.432. The van der Waals surface area contributed by atoms with Crippen molar-refractivity contribution in [2.75, 3.05) is 11.9 Å². The van der Waals surface area contributed by atoms with Crippen LogP contribution in [0.15, 0.2) is 66.7 Å². The first-order valence-electron chi connectivity index (χ1n) is 15.8. The van der Waals surface area contributed by atoms with Crippen LogP contribution < -0.4 is 10.6 Å². The molecule has 2 unspecified atom stereocenters. The number of unbranched alkanes of at least 4 members (excludes halogenated alkanes) is 3. The lowest BCUT2D eigenvalue weighted by atomic mass is 9.97. The van der Waals surface area contributed by atoms with E-state index in [9.17, 15) is 14.4 Å². The molecule has 0 radical (unpaired) electrons. The summed E-state index contributed by atoms with van der Waals surface area (Å²) in [5, 5.41) is 6.29. The summed E-state index contributed by atoms with van der Waals surface area (Å²) in [6.07, 6.45) is 3.16. The Morgan fingerprint density at radius 1 is 0.889 bits per heavy atom. The predicted octanol–water partition coefficient (Wildman–Crippen LogP) is 8.49. The highest BCUT2D eigenvalue weighted by Crippen LogP contribution is 2.31. The fourth-order valence-electron chi connectivity index (χ4n) is 5.40. The van der Waals surface area contributed by atoms with Gasteiger partial charge in [-0.15, -0.1) is 0 Å². The van der Waals surface area contributed by atoms with Crippen LogP contribution in [-0.2, 0) is 20.7 Å². The van der Waals surface area contributed by atoms with Gasteiger partial charge in [-0.25, -0.2) is 4.79 Å². The van der Waals surface area contributed by atoms with E-state index in [1.807, 2.05) is 81.4 Å². The largest absolute Gasteiger partial charge is 0.444 e. The third-order valence-corrected chi connectivity index (χ3v) is 7.71. The molecule has 8 heteroatoms. The molecule has 0 saturated carbocycles. The average Bonchev–Trinajstić information content (AvgIpc) is 2.95. The quantitative estimate of drug-likeness (QED) is 0.185. The van der Waals surface area contributed by atoms with E-state index in [1.165, 1.54) is 0 Å². The molecule has 0 aliphatic carbocycles. The first kappa shape index (κ1) is 35.6. The SMILES string of the molecule is CCCCCCN(C(=O)C(Cc1ccccc1)NC(=O)OC(C)(C)C)C(C(=O)Nc1c(C)cccc1Cl)c1cc(C)cc(C)c1. The van der Waals surface area contributed by atoms with E-state index >= 15 is 0 Å². The molecule has 3 aromatic rings. The van der Waals surface area contributed by atoms with Gasteiger partial charge in [0.1, 0.15) is 17.7 Å². The summed E-state index contributed by atoms with van der Waals surface area (Å²) in [6.45, 7) is 13.6. The number of alkyl carbamates (subject to hydrolysis) is 1. The van der Waals surface area contributed by atoms with Gasteiger partial charge < -0.3 is 20.3 Å². The predicted molar refractivity (Wildman–Crippen MR) is 183 cm³/mol. The number of carbonyl (C=O) groups is 3. The molecule has 0 fully saturated rings. The molecule has 242 valence electrons. The Hall–Kier alpha value is -3.84. The monoisotopic (exact) mass is 633 g/mol. The number of carbonyl (C=O) groups excluding carboxylic acids is 3. The number of rotatable bonds is 13. The molecule has 7 nitrogen and oxygen atoms in total. The summed E-state index contributed by atoms with van der Waals surface area (Å²) in [6, 6.07) is 18.9. The molecule has 3 rings (SSSR count). The summed E-state index contributed by atoms with van der Waals surface area (Å²) in [5.74, 6) is -0.743. The number of halogens is 1. The number of hydrogen-bond donors (Lipinski definition) is 2. The van der Waals surface area contributed by atoms with Crippen molar-refractivity contribution in [3.8, 4) is 0 Å². The number of aryl methyl sites for hydroxylation is 3. The van der Waals surface area contributed by atoms with Gasteiger partial charge in [0, 0.05) is 13.0 Å². The first-order valence-corrected chi connectivity index (χ1v) is 16.1. The third-order valence-electron chi connectivity index (χ3n) is 7.40. The molecular formula is C37H48ClN3O4. The van der Waals surface area contributed by atoms with Crippen molar-refractivity contribution in [3.63, 3.8) is 0 Å². The Morgan fingerprint density at radius 3 is 2.16 bits per heavy atom. The second kappa shape index (κ2) is 16.5. The van der Waals surface area contributed by atoms with Gasteiger partial charge in [-0.3, -0.25) is 9.59 Å². The maximum Gasteiger partial charge on any atom is 0.408 e. The number of para-hydroxylation sites is 1. The van der Waals surface area contributed by atoms with Crippen LogP contribution in [-0.4, -0.2) is 41.0 Å². The summed E-state index contributed by atoms with van der Waals surface area (Å²) in [4.78, 5) is 43.8. The Kier molecular flexibility index (Phi) is 13.0. The average molecular weight is 634 g/mol. The van der Waals surface area contributed by atoms with E-state index in [2.05, 4.69) is 17.6 Å². The minimum Gasteiger partial charge on any atom is -0.444 e. The molecule has 0 spiro atoms. The lowest BCUT2D eigenvalue weighted by molar-refractivity contribution is -0.140. The Morgan fingerprint density at radius 2 is 1.56 bits per heavy atom. The van der Waals surface area contributed by atoms with Crippen molar-refractivity contribution in [2.24, 2.45) is 0 Å². The number of amides is 3. The van der Waals surface area contributed by atoms with Crippen LogP contribution in [0.2, 0.25) is 5.02 Å². The van der Waals surface area contributed by atoms with Crippen molar-refractivity contribution in [1.82, 2.24) is 10.2 Å². The van der Waals surface area contributed by atoms with E-state index in [4.69, 9.17) is 16.3 Å². The lowest BCUT2D eigenvalue weighted by Gasteiger charge is -2.35. The molecule has 45 heavy (non-hydrogen) atoms. The summed E-state index contributed by atoms with van der Waals surface area (Å²) >= 11 is 6.53. The molecule has 2 atom stereocenters. The number of benzene rings is 3. The molecule has 0 aromatic heterocycles. The second-order valence-corrected chi connectivity index (χ2v) is 13.1. The van der Waals surface area contributed by atoms with Crippen LogP contribution in [0.25, 0.3) is 0 Å². The fourth-order valence-corrected chi connectivity index (χ4v) is 5.67. The smallest absolute Gasteiger partial charge is 0.408 e. The standard InChI is InChI=1S/C37H48ClN3O4/c1-8-9-10-14-20-41(35(43)31(24-28-17-12-11-13-18-28)39-36(44)45-37(5,6)7)33(29-22-25(2)21-26(3)23-29)34(42)40-32-27(4)16-15-19-30(32)38/h11-13,15-19,21-23,31,33H,8-10,14,20,24H2,1-7H3,(H,39,44)(H,40,42). The van der Waals surface area contributed by atoms with Crippen molar-refractivity contribution in [1.29, 1.82) is 0 Å². The molecule has 0 saturated heterocycles. The zero-order valence-corrected chi connectivity index (χ0v) is 28.5. The highest BCUT2D eigenvalue weighted by atomic mass is 35.5. The second-order valence-electron chi connectivity index (χ2n) is 12.7. The number of anilines is 1. The minimum absolute atomic E-state index is 0.231. The van der Waals surface area contributed by atoms with E-state index in [0.717, 1.165) is 41.5 Å². The first-order chi connectivity index (χ1) is 21.3. The summed E-state index contributed by atoms with van der Waals surface area (Å²) in [7, 11) is 0. The van der Waals surface area contributed by atoms with Crippen molar-refractivity contribution >= 4 is 35.2 Å². The number of hydrogen-bond acceptors (Lipinski definition) is 4. The van der Waals surface area contributed by atoms with E-state index in [0.29, 0.717) is 29.2 Å². The van der Waals surface area contributed by atoms with Crippen LogP contribution in [0.1, 0.15) is 87.2 Å². The maximum absolute atomic E-state index is 14.7. The topological polar surface area (TPSA) is 87.7 Å². The Labute approximate surface area is 273 Å². The van der Waals surface area contributed by atoms with Crippen molar-refractivity contribution < 1.29 is 19.1 Å². The molecule has 0 heterocycles. The van der Waals surface area contributed by atoms with Gasteiger partial charge in [0.05, 0.1) is 10.7 Å². The van der Waals surface area contributed by atoms with Gasteiger partial charge in [0.25, 0.3) is 5.91 Å². The van der Waals surface area contributed by atoms with Crippen LogP contribution in [0, 0.1) is 20.8 Å². The van der Waals surface area contributed by atoms with E-state index in [1.54, 1.807) is 31.7 Å². The molecule has 3 amide bonds. The van der Waals surface area contributed by atoms with Gasteiger partial charge >= 0.3 is 6.09 Å². The van der Waals surface area contributed by atoms with Crippen molar-refractivity contribution in [3.05, 3.63) is 99.6 Å². The number of nitrogens with zero attached hydrogens (tertiary/aromatic N) is 1. The molecule has 0 bridgehead atoms. The molecular weight excluding hydrogens is 586 g/mol. The normalized spacial score (nSPS) is 12.6. The summed E-state index contributed by atoms with van der Waals surface area (Å²) < 4.78 is 5.56. The van der Waals surface area contributed by atoms with Gasteiger partial charge in [0.2, 0.25) is 5.91 Å². The number of nitrogens with one attached hydrogen (secondary N) is 2. The van der Waals surface area contributed by atoms with Gasteiger partial charge in [-0.05, 0) is 70.7 Å². The zero-order valence-electron chi connectivity index (χ0n) is 27.7. The number of ether oxygens (including phenoxy) is 1. The molecule has 0 aliphatic heterocycles. The minimum atomic E-state index is -0.980. The molecule has 3 aromatic carbocycles. The molecule has 2 N–H and O–H groups in total. The van der Waals surface area contributed by atoms with Gasteiger partial charge in [0.15, 0.2) is 0 Å². The van der Waals surface area contributed by atoms with Crippen LogP contribution in [0.3, 0.4) is 0 Å².